The van der Waals surface area contributed by atoms with Crippen LogP contribution in [0.15, 0.2) is 51.5 Å². The van der Waals surface area contributed by atoms with E-state index in [4.69, 9.17) is 9.26 Å². The molecular weight excluding hydrogens is 460 g/mol. The van der Waals surface area contributed by atoms with Gasteiger partial charge in [0.15, 0.2) is 0 Å². The number of piperidine rings is 1. The molecule has 2 aromatic carbocycles. The van der Waals surface area contributed by atoms with Gasteiger partial charge in [-0.2, -0.15) is 4.98 Å². The molecule has 0 saturated carbocycles. The smallest absolute Gasteiger partial charge is 0.241 e. The predicted octanol–water partition coefficient (Wildman–Crippen LogP) is 4.67. The second-order valence-corrected chi connectivity index (χ2v) is 8.68. The fraction of sp³-hybridized carbons (Fsp3) is 0.348. The zero-order chi connectivity index (χ0) is 21.8. The Kier molecular flexibility index (Phi) is 6.67. The number of aromatic nitrogens is 2. The number of aryl methyl sites for hydroxylation is 1. The molecule has 0 atom stereocenters. The fourth-order valence-electron chi connectivity index (χ4n) is 3.76. The van der Waals surface area contributed by atoms with Crippen molar-refractivity contribution in [1.82, 2.24) is 15.0 Å². The normalized spacial score (nSPS) is 15.1. The molecule has 1 fully saturated rings. The second-order valence-electron chi connectivity index (χ2n) is 7.77. The fourth-order valence-corrected chi connectivity index (χ4v) is 4.16. The van der Waals surface area contributed by atoms with Gasteiger partial charge in [-0.15, -0.1) is 0 Å². The molecule has 1 aromatic heterocycles. The van der Waals surface area contributed by atoms with Crippen LogP contribution in [0.4, 0.5) is 5.69 Å². The van der Waals surface area contributed by atoms with Gasteiger partial charge >= 0.3 is 0 Å². The molecule has 4 rings (SSSR count). The summed E-state index contributed by atoms with van der Waals surface area (Å²) in [5.74, 6) is 1.86. The molecule has 1 aliphatic rings. The molecule has 0 aliphatic carbocycles. The number of ether oxygens (including phenoxy) is 1. The lowest BCUT2D eigenvalue weighted by Gasteiger charge is -2.30. The van der Waals surface area contributed by atoms with E-state index in [2.05, 4.69) is 36.3 Å². The first-order valence-electron chi connectivity index (χ1n) is 10.3. The van der Waals surface area contributed by atoms with Gasteiger partial charge in [0.2, 0.25) is 17.6 Å². The van der Waals surface area contributed by atoms with Crippen LogP contribution in [0.5, 0.6) is 5.75 Å². The zero-order valence-electron chi connectivity index (χ0n) is 17.6. The standard InChI is InChI=1S/C23H25BrN4O3/c1-15-6-7-20(30-2)19(12-15)25-23(29)16-8-10-28(11-9-16)14-21-26-22(27-31-21)17-4-3-5-18(24)13-17/h3-7,12-13,16H,8-11,14H2,1-2H3,(H,25,29). The minimum absolute atomic E-state index is 0.0265. The lowest BCUT2D eigenvalue weighted by atomic mass is 9.95. The number of nitrogens with one attached hydrogen (secondary N) is 1. The maximum atomic E-state index is 12.8. The molecule has 31 heavy (non-hydrogen) atoms. The average Bonchev–Trinajstić information content (AvgIpc) is 3.23. The van der Waals surface area contributed by atoms with Crippen LogP contribution < -0.4 is 10.1 Å². The number of nitrogens with zero attached hydrogens (tertiary/aromatic N) is 3. The lowest BCUT2D eigenvalue weighted by Crippen LogP contribution is -2.37. The molecular formula is C23H25BrN4O3. The molecule has 0 bridgehead atoms. The Bertz CT molecular complexity index is 1060. The predicted molar refractivity (Wildman–Crippen MR) is 122 cm³/mol. The molecule has 1 aliphatic heterocycles. The van der Waals surface area contributed by atoms with Gasteiger partial charge in [0, 0.05) is 16.0 Å². The Labute approximate surface area is 189 Å². The maximum absolute atomic E-state index is 12.8. The van der Waals surface area contributed by atoms with Crippen LogP contribution >= 0.6 is 15.9 Å². The first-order valence-corrected chi connectivity index (χ1v) is 11.1. The van der Waals surface area contributed by atoms with Crippen LogP contribution in [0, 0.1) is 12.8 Å². The monoisotopic (exact) mass is 484 g/mol. The first-order chi connectivity index (χ1) is 15.0. The molecule has 0 radical (unpaired) electrons. The first kappa shape index (κ1) is 21.5. The molecule has 1 N–H and O–H groups in total. The summed E-state index contributed by atoms with van der Waals surface area (Å²) in [6.45, 7) is 4.18. The Morgan fingerprint density at radius 3 is 2.81 bits per heavy atom. The van der Waals surface area contributed by atoms with E-state index in [0.29, 0.717) is 24.0 Å². The molecule has 3 aromatic rings. The van der Waals surface area contributed by atoms with Gasteiger partial charge in [-0.1, -0.05) is 39.3 Å². The van der Waals surface area contributed by atoms with Crippen LogP contribution in [0.2, 0.25) is 0 Å². The molecule has 0 unspecified atom stereocenters. The maximum Gasteiger partial charge on any atom is 0.241 e. The van der Waals surface area contributed by atoms with E-state index in [1.54, 1.807) is 7.11 Å². The molecule has 1 saturated heterocycles. The summed E-state index contributed by atoms with van der Waals surface area (Å²) < 4.78 is 11.8. The van der Waals surface area contributed by atoms with Gasteiger partial charge < -0.3 is 14.6 Å². The van der Waals surface area contributed by atoms with Gasteiger partial charge in [0.1, 0.15) is 5.75 Å². The third-order valence-corrected chi connectivity index (χ3v) is 5.97. The molecule has 7 nitrogen and oxygen atoms in total. The highest BCUT2D eigenvalue weighted by molar-refractivity contribution is 9.10. The van der Waals surface area contributed by atoms with Crippen LogP contribution in [0.3, 0.4) is 0 Å². The second kappa shape index (κ2) is 9.62. The number of amides is 1. The van der Waals surface area contributed by atoms with Crippen LogP contribution in [-0.2, 0) is 11.3 Å². The zero-order valence-corrected chi connectivity index (χ0v) is 19.2. The summed E-state index contributed by atoms with van der Waals surface area (Å²) in [6.07, 6.45) is 1.57. The van der Waals surface area contributed by atoms with E-state index in [1.165, 1.54) is 0 Å². The van der Waals surface area contributed by atoms with E-state index >= 15 is 0 Å². The van der Waals surface area contributed by atoms with Crippen molar-refractivity contribution < 1.29 is 14.1 Å². The lowest BCUT2D eigenvalue weighted by molar-refractivity contribution is -0.121. The van der Waals surface area contributed by atoms with Gasteiger partial charge in [0.25, 0.3) is 0 Å². The quantitative estimate of drug-likeness (QED) is 0.547. The van der Waals surface area contributed by atoms with Crippen LogP contribution in [0.25, 0.3) is 11.4 Å². The average molecular weight is 485 g/mol. The number of hydrogen-bond acceptors (Lipinski definition) is 6. The number of anilines is 1. The number of carbonyl (C=O) groups is 1. The van der Waals surface area contributed by atoms with Gasteiger partial charge in [-0.25, -0.2) is 0 Å². The number of methoxy groups -OCH3 is 1. The van der Waals surface area contributed by atoms with Crippen molar-refractivity contribution in [3.63, 3.8) is 0 Å². The van der Waals surface area contributed by atoms with Gasteiger partial charge in [-0.3, -0.25) is 9.69 Å². The number of rotatable bonds is 6. The third kappa shape index (κ3) is 5.32. The van der Waals surface area contributed by atoms with E-state index in [0.717, 1.165) is 47.2 Å². The highest BCUT2D eigenvalue weighted by Gasteiger charge is 2.26. The van der Waals surface area contributed by atoms with Crippen molar-refractivity contribution in [2.75, 3.05) is 25.5 Å². The summed E-state index contributed by atoms with van der Waals surface area (Å²) in [5.41, 5.74) is 2.71. The van der Waals surface area contributed by atoms with Crippen molar-refractivity contribution in [1.29, 1.82) is 0 Å². The largest absolute Gasteiger partial charge is 0.495 e. The van der Waals surface area contributed by atoms with Crippen molar-refractivity contribution >= 4 is 27.5 Å². The number of halogens is 1. The van der Waals surface area contributed by atoms with Crippen molar-refractivity contribution in [3.8, 4) is 17.1 Å². The van der Waals surface area contributed by atoms with Crippen molar-refractivity contribution in [2.24, 2.45) is 5.92 Å². The molecule has 162 valence electrons. The van der Waals surface area contributed by atoms with Crippen molar-refractivity contribution in [2.45, 2.75) is 26.3 Å². The van der Waals surface area contributed by atoms with Gasteiger partial charge in [0.05, 0.1) is 19.3 Å². The molecule has 2 heterocycles. The summed E-state index contributed by atoms with van der Waals surface area (Å²) in [5, 5.41) is 7.13. The highest BCUT2D eigenvalue weighted by Crippen LogP contribution is 2.28. The van der Waals surface area contributed by atoms with Crippen molar-refractivity contribution in [3.05, 3.63) is 58.4 Å². The molecule has 8 heteroatoms. The summed E-state index contributed by atoms with van der Waals surface area (Å²) in [4.78, 5) is 19.5. The topological polar surface area (TPSA) is 80.5 Å². The van der Waals surface area contributed by atoms with E-state index in [1.807, 2.05) is 49.4 Å². The third-order valence-electron chi connectivity index (χ3n) is 5.48. The Morgan fingerprint density at radius 1 is 1.26 bits per heavy atom. The Balaban J connectivity index is 1.31. The SMILES string of the molecule is COc1ccc(C)cc1NC(=O)C1CCN(Cc2nc(-c3cccc(Br)c3)no2)CC1. The summed E-state index contributed by atoms with van der Waals surface area (Å²) >= 11 is 3.46. The number of carbonyl (C=O) groups excluding carboxylic acids is 1. The Hall–Kier alpha value is -2.71. The van der Waals surface area contributed by atoms with Crippen LogP contribution in [0.1, 0.15) is 24.3 Å². The van der Waals surface area contributed by atoms with Crippen LogP contribution in [-0.4, -0.2) is 41.1 Å². The number of hydrogen-bond donors (Lipinski definition) is 1. The van der Waals surface area contributed by atoms with E-state index < -0.39 is 0 Å². The highest BCUT2D eigenvalue weighted by atomic mass is 79.9. The minimum atomic E-state index is -0.0265. The molecule has 0 spiro atoms. The number of likely N-dealkylation sites (tertiary alicyclic amines) is 1. The summed E-state index contributed by atoms with van der Waals surface area (Å²) in [6, 6.07) is 13.6. The van der Waals surface area contributed by atoms with E-state index in [-0.39, 0.29) is 11.8 Å². The molecule has 1 amide bonds. The van der Waals surface area contributed by atoms with Gasteiger partial charge in [-0.05, 0) is 62.7 Å². The number of benzene rings is 2. The van der Waals surface area contributed by atoms with E-state index in [9.17, 15) is 4.79 Å². The minimum Gasteiger partial charge on any atom is -0.495 e. The summed E-state index contributed by atoms with van der Waals surface area (Å²) in [7, 11) is 1.61. The Morgan fingerprint density at radius 2 is 2.06 bits per heavy atom.